The van der Waals surface area contributed by atoms with E-state index >= 15 is 0 Å². The molecule has 0 saturated carbocycles. The molecule has 0 atom stereocenters. The number of nitrogens with zero attached hydrogens (tertiary/aromatic N) is 2. The highest BCUT2D eigenvalue weighted by molar-refractivity contribution is 6.10. The van der Waals surface area contributed by atoms with Gasteiger partial charge in [0.15, 0.2) is 0 Å². The van der Waals surface area contributed by atoms with Gasteiger partial charge in [0.2, 0.25) is 0 Å². The number of aromatic nitrogens is 1. The Kier molecular flexibility index (Phi) is 8.11. The molecule has 0 fully saturated rings. The van der Waals surface area contributed by atoms with E-state index in [1.54, 1.807) is 0 Å². The maximum Gasteiger partial charge on any atom is 0.0714 e. The van der Waals surface area contributed by atoms with Crippen LogP contribution in [0.25, 0.3) is 60.5 Å². The van der Waals surface area contributed by atoms with Crippen molar-refractivity contribution in [2.75, 3.05) is 4.90 Å². The Balaban J connectivity index is 1.03. The average Bonchev–Trinajstić information content (AvgIpc) is 3.82. The van der Waals surface area contributed by atoms with Crippen LogP contribution in [0.4, 0.5) is 17.1 Å². The van der Waals surface area contributed by atoms with Crippen molar-refractivity contribution in [3.8, 4) is 27.9 Å². The van der Waals surface area contributed by atoms with Gasteiger partial charge in [-0.1, -0.05) is 170 Å². The number of anilines is 3. The van der Waals surface area contributed by atoms with Gasteiger partial charge in [-0.15, -0.1) is 0 Å². The van der Waals surface area contributed by atoms with Crippen LogP contribution in [0.3, 0.4) is 0 Å². The minimum Gasteiger partial charge on any atom is -0.310 e. The van der Waals surface area contributed by atoms with E-state index in [-0.39, 0.29) is 0 Å². The van der Waals surface area contributed by atoms with Crippen LogP contribution in [0.2, 0.25) is 0 Å². The zero-order valence-electron chi connectivity index (χ0n) is 33.5. The zero-order chi connectivity index (χ0) is 40.3. The highest BCUT2D eigenvalue weighted by Crippen LogP contribution is 2.58. The van der Waals surface area contributed by atoms with Gasteiger partial charge in [0.1, 0.15) is 0 Å². The first kappa shape index (κ1) is 35.0. The molecule has 0 radical (unpaired) electrons. The van der Waals surface area contributed by atoms with Crippen LogP contribution < -0.4 is 4.90 Å². The number of para-hydroxylation sites is 3. The van der Waals surface area contributed by atoms with Crippen molar-refractivity contribution in [2.45, 2.75) is 5.41 Å². The van der Waals surface area contributed by atoms with E-state index in [0.717, 1.165) is 22.7 Å². The van der Waals surface area contributed by atoms with Crippen molar-refractivity contribution in [3.05, 3.63) is 265 Å². The summed E-state index contributed by atoms with van der Waals surface area (Å²) in [6.07, 6.45) is 0. The third-order valence-electron chi connectivity index (χ3n) is 12.8. The van der Waals surface area contributed by atoms with Gasteiger partial charge >= 0.3 is 0 Å². The second-order valence-electron chi connectivity index (χ2n) is 16.1. The molecule has 0 spiro atoms. The smallest absolute Gasteiger partial charge is 0.0714 e. The van der Waals surface area contributed by atoms with Gasteiger partial charge in [0.05, 0.1) is 16.4 Å². The van der Waals surface area contributed by atoms with E-state index in [1.807, 2.05) is 0 Å². The van der Waals surface area contributed by atoms with Gasteiger partial charge in [-0.25, -0.2) is 0 Å². The normalized spacial score (nSPS) is 12.7. The minimum atomic E-state index is -0.527. The van der Waals surface area contributed by atoms with Crippen LogP contribution in [-0.2, 0) is 5.41 Å². The average molecular weight is 777 g/mol. The maximum absolute atomic E-state index is 2.46. The van der Waals surface area contributed by atoms with E-state index in [2.05, 4.69) is 252 Å². The summed E-state index contributed by atoms with van der Waals surface area (Å²) < 4.78 is 2.39. The van der Waals surface area contributed by atoms with E-state index in [0.29, 0.717) is 0 Å². The molecular formula is C59H40N2. The van der Waals surface area contributed by atoms with Gasteiger partial charge in [-0.05, 0) is 128 Å². The minimum absolute atomic E-state index is 0.527. The summed E-state index contributed by atoms with van der Waals surface area (Å²) in [6, 6.07) is 89.1. The van der Waals surface area contributed by atoms with E-state index in [1.165, 1.54) is 77.1 Å². The van der Waals surface area contributed by atoms with E-state index in [9.17, 15) is 0 Å². The Morgan fingerprint density at radius 1 is 0.328 bits per heavy atom. The highest BCUT2D eigenvalue weighted by atomic mass is 15.1. The largest absolute Gasteiger partial charge is 0.310 e. The second-order valence-corrected chi connectivity index (χ2v) is 16.1. The third-order valence-corrected chi connectivity index (χ3v) is 12.8. The summed E-state index contributed by atoms with van der Waals surface area (Å²) in [5.41, 5.74) is 16.4. The molecule has 61 heavy (non-hydrogen) atoms. The lowest BCUT2D eigenvalue weighted by Crippen LogP contribution is -2.28. The number of hydrogen-bond donors (Lipinski definition) is 0. The molecule has 0 N–H and O–H groups in total. The third kappa shape index (κ3) is 5.50. The van der Waals surface area contributed by atoms with Gasteiger partial charge in [-0.3, -0.25) is 0 Å². The molecule has 1 aromatic heterocycles. The van der Waals surface area contributed by atoms with Crippen LogP contribution >= 0.6 is 0 Å². The molecule has 0 amide bonds. The van der Waals surface area contributed by atoms with Crippen molar-refractivity contribution < 1.29 is 0 Å². The lowest BCUT2D eigenvalue weighted by Gasteiger charge is -2.35. The van der Waals surface area contributed by atoms with Crippen LogP contribution in [0.1, 0.15) is 22.3 Å². The molecule has 10 aromatic carbocycles. The predicted octanol–water partition coefficient (Wildman–Crippen LogP) is 15.4. The van der Waals surface area contributed by atoms with Crippen molar-refractivity contribution >= 4 is 49.6 Å². The molecule has 0 aliphatic heterocycles. The van der Waals surface area contributed by atoms with E-state index in [4.69, 9.17) is 0 Å². The van der Waals surface area contributed by atoms with Gasteiger partial charge in [-0.2, -0.15) is 0 Å². The fourth-order valence-electron chi connectivity index (χ4n) is 10.1. The fraction of sp³-hybridized carbons (Fsp3) is 0.0169. The highest BCUT2D eigenvalue weighted by Gasteiger charge is 2.46. The van der Waals surface area contributed by atoms with Crippen molar-refractivity contribution in [1.29, 1.82) is 0 Å². The molecule has 0 saturated heterocycles. The molecule has 2 nitrogen and oxygen atoms in total. The maximum atomic E-state index is 2.46. The molecule has 1 heterocycles. The topological polar surface area (TPSA) is 8.17 Å². The van der Waals surface area contributed by atoms with Crippen molar-refractivity contribution in [1.82, 2.24) is 4.57 Å². The summed E-state index contributed by atoms with van der Waals surface area (Å²) in [5.74, 6) is 0. The summed E-state index contributed by atoms with van der Waals surface area (Å²) in [6.45, 7) is 0. The first-order valence-corrected chi connectivity index (χ1v) is 21.1. The number of fused-ring (bicyclic) bond motifs is 7. The molecule has 2 heteroatoms. The first-order chi connectivity index (χ1) is 30.3. The monoisotopic (exact) mass is 776 g/mol. The van der Waals surface area contributed by atoms with Gasteiger partial charge in [0.25, 0.3) is 0 Å². The molecule has 12 rings (SSSR count). The van der Waals surface area contributed by atoms with Gasteiger partial charge < -0.3 is 9.47 Å². The molecule has 1 aliphatic rings. The quantitative estimate of drug-likeness (QED) is 0.156. The van der Waals surface area contributed by atoms with Crippen LogP contribution in [0, 0.1) is 0 Å². The Labute approximate surface area is 355 Å². The molecular weight excluding hydrogens is 737 g/mol. The Hall–Kier alpha value is -7.94. The number of rotatable bonds is 7. The Bertz CT molecular complexity index is 3350. The zero-order valence-corrected chi connectivity index (χ0v) is 33.5. The molecule has 11 aromatic rings. The SMILES string of the molecule is c1ccc(N(c2ccc(-c3ccc4c5ccccc5n(-c5ccccc5)c4c3)cc2)c2ccc3c(c2)C(c2ccccc2)(c2ccccc2)c2cc4ccccc4cc2-3)cc1. The number of benzene rings is 10. The lowest BCUT2D eigenvalue weighted by molar-refractivity contribution is 0.769. The van der Waals surface area contributed by atoms with Crippen molar-refractivity contribution in [2.24, 2.45) is 0 Å². The predicted molar refractivity (Wildman–Crippen MR) is 256 cm³/mol. The molecule has 286 valence electrons. The van der Waals surface area contributed by atoms with Crippen LogP contribution in [-0.4, -0.2) is 4.57 Å². The molecule has 1 aliphatic carbocycles. The summed E-state index contributed by atoms with van der Waals surface area (Å²) >= 11 is 0. The Morgan fingerprint density at radius 3 is 1.56 bits per heavy atom. The molecule has 0 unspecified atom stereocenters. The van der Waals surface area contributed by atoms with Crippen LogP contribution in [0.15, 0.2) is 243 Å². The summed E-state index contributed by atoms with van der Waals surface area (Å²) in [4.78, 5) is 2.40. The first-order valence-electron chi connectivity index (χ1n) is 21.1. The molecule has 0 bridgehead atoms. The van der Waals surface area contributed by atoms with E-state index < -0.39 is 5.41 Å². The summed E-state index contributed by atoms with van der Waals surface area (Å²) in [7, 11) is 0. The fourth-order valence-corrected chi connectivity index (χ4v) is 10.1. The van der Waals surface area contributed by atoms with Gasteiger partial charge in [0, 0.05) is 33.5 Å². The standard InChI is InChI=1S/C59H40N2/c1-5-19-45(20-6-1)59(46-21-7-2-8-22-46)55-38-43-18-14-13-17-42(43)37-54(55)51-36-34-50(40-56(51)59)60(47-23-9-3-10-24-47)49-32-29-41(30-33-49)44-31-35-53-52-27-15-16-28-57(52)61(58(53)39-44)48-25-11-4-12-26-48/h1-40H. The van der Waals surface area contributed by atoms with Crippen molar-refractivity contribution in [3.63, 3.8) is 0 Å². The lowest BCUT2D eigenvalue weighted by atomic mass is 9.67. The van der Waals surface area contributed by atoms with Crippen LogP contribution in [0.5, 0.6) is 0 Å². The number of hydrogen-bond acceptors (Lipinski definition) is 1. The Morgan fingerprint density at radius 2 is 0.852 bits per heavy atom. The summed E-state index contributed by atoms with van der Waals surface area (Å²) in [5, 5.41) is 5.01. The second kappa shape index (κ2) is 14.1.